The van der Waals surface area contributed by atoms with Gasteiger partial charge in [-0.05, 0) is 25.8 Å². The predicted molar refractivity (Wildman–Crippen MR) is 99.2 cm³/mol. The number of hydrogen-bond donors (Lipinski definition) is 3. The van der Waals surface area contributed by atoms with Crippen LogP contribution >= 0.6 is 22.7 Å². The van der Waals surface area contributed by atoms with E-state index in [9.17, 15) is 14.4 Å². The molecule has 0 aromatic carbocycles. The summed E-state index contributed by atoms with van der Waals surface area (Å²) >= 11 is 3.06. The SMILES string of the molecule is Cc1nc(-c2cc(C(=O)NC[C@@H]3CCC[C@]34NC(=O)NC4=O)cs2)cs1. The minimum atomic E-state index is -0.873. The largest absolute Gasteiger partial charge is 0.352 e. The van der Waals surface area contributed by atoms with E-state index in [0.717, 1.165) is 28.4 Å². The third-order valence-corrected chi connectivity index (χ3v) is 6.76. The van der Waals surface area contributed by atoms with Gasteiger partial charge < -0.3 is 10.6 Å². The lowest BCUT2D eigenvalue weighted by molar-refractivity contribution is -0.125. The molecule has 1 aliphatic carbocycles. The molecule has 1 spiro atoms. The molecule has 4 amide bonds. The number of thiazole rings is 1. The van der Waals surface area contributed by atoms with E-state index in [-0.39, 0.29) is 17.7 Å². The first-order valence-corrected chi connectivity index (χ1v) is 10.2. The third-order valence-electron chi connectivity index (χ3n) is 5.03. The lowest BCUT2D eigenvalue weighted by Crippen LogP contribution is -2.53. The quantitative estimate of drug-likeness (QED) is 0.697. The minimum absolute atomic E-state index is 0.0998. The maximum absolute atomic E-state index is 12.5. The maximum atomic E-state index is 12.5. The highest BCUT2D eigenvalue weighted by atomic mass is 32.1. The van der Waals surface area contributed by atoms with Gasteiger partial charge in [0.1, 0.15) is 5.54 Å². The summed E-state index contributed by atoms with van der Waals surface area (Å²) < 4.78 is 0. The smallest absolute Gasteiger partial charge is 0.322 e. The van der Waals surface area contributed by atoms with Crippen molar-refractivity contribution in [2.75, 3.05) is 6.54 Å². The Hall–Kier alpha value is -2.26. The molecule has 7 nitrogen and oxygen atoms in total. The summed E-state index contributed by atoms with van der Waals surface area (Å²) in [6.07, 6.45) is 2.25. The van der Waals surface area contributed by atoms with Crippen molar-refractivity contribution in [3.63, 3.8) is 0 Å². The van der Waals surface area contributed by atoms with Crippen molar-refractivity contribution in [1.82, 2.24) is 20.9 Å². The molecular weight excluding hydrogens is 372 g/mol. The monoisotopic (exact) mass is 390 g/mol. The molecule has 4 rings (SSSR count). The van der Waals surface area contributed by atoms with Crippen molar-refractivity contribution in [3.05, 3.63) is 27.4 Å². The van der Waals surface area contributed by atoms with Crippen LogP contribution in [-0.4, -0.2) is 34.9 Å². The third kappa shape index (κ3) is 2.90. The molecule has 1 saturated carbocycles. The van der Waals surface area contributed by atoms with E-state index in [1.165, 1.54) is 11.3 Å². The van der Waals surface area contributed by atoms with Crippen LogP contribution in [0.1, 0.15) is 34.6 Å². The molecule has 0 radical (unpaired) electrons. The molecule has 2 aromatic heterocycles. The van der Waals surface area contributed by atoms with E-state index in [4.69, 9.17) is 0 Å². The lowest BCUT2D eigenvalue weighted by atomic mass is 9.87. The summed E-state index contributed by atoms with van der Waals surface area (Å²) in [6.45, 7) is 2.30. The van der Waals surface area contributed by atoms with Gasteiger partial charge in [0.2, 0.25) is 0 Å². The van der Waals surface area contributed by atoms with Gasteiger partial charge in [-0.25, -0.2) is 9.78 Å². The van der Waals surface area contributed by atoms with Gasteiger partial charge >= 0.3 is 6.03 Å². The molecule has 0 bridgehead atoms. The number of carbonyl (C=O) groups excluding carboxylic acids is 3. The Morgan fingerprint density at radius 3 is 2.92 bits per heavy atom. The van der Waals surface area contributed by atoms with E-state index in [1.807, 2.05) is 23.8 Å². The lowest BCUT2D eigenvalue weighted by Gasteiger charge is -2.28. The molecule has 2 aromatic rings. The van der Waals surface area contributed by atoms with E-state index in [1.54, 1.807) is 11.3 Å². The zero-order valence-electron chi connectivity index (χ0n) is 14.1. The number of thiophene rings is 1. The Labute approximate surface area is 158 Å². The second-order valence-electron chi connectivity index (χ2n) is 6.63. The fourth-order valence-electron chi connectivity index (χ4n) is 3.71. The Morgan fingerprint density at radius 2 is 2.23 bits per heavy atom. The first-order valence-electron chi connectivity index (χ1n) is 8.41. The van der Waals surface area contributed by atoms with Gasteiger partial charge in [0.05, 0.1) is 21.1 Å². The van der Waals surface area contributed by atoms with Crippen LogP contribution in [0, 0.1) is 12.8 Å². The molecule has 2 atom stereocenters. The zero-order valence-corrected chi connectivity index (χ0v) is 15.8. The molecule has 26 heavy (non-hydrogen) atoms. The number of carbonyl (C=O) groups is 3. The number of aromatic nitrogens is 1. The highest BCUT2D eigenvalue weighted by Crippen LogP contribution is 2.37. The van der Waals surface area contributed by atoms with Crippen molar-refractivity contribution in [3.8, 4) is 10.6 Å². The average molecular weight is 390 g/mol. The van der Waals surface area contributed by atoms with Crippen LogP contribution in [0.15, 0.2) is 16.8 Å². The molecule has 1 aliphatic heterocycles. The molecule has 136 valence electrons. The van der Waals surface area contributed by atoms with E-state index in [0.29, 0.717) is 18.5 Å². The number of hydrogen-bond acceptors (Lipinski definition) is 6. The number of nitrogens with zero attached hydrogens (tertiary/aromatic N) is 1. The van der Waals surface area contributed by atoms with Crippen LogP contribution in [0.3, 0.4) is 0 Å². The Bertz CT molecular complexity index is 890. The van der Waals surface area contributed by atoms with Crippen molar-refractivity contribution in [1.29, 1.82) is 0 Å². The number of aryl methyl sites for hydroxylation is 1. The number of imide groups is 1. The molecule has 3 N–H and O–H groups in total. The summed E-state index contributed by atoms with van der Waals surface area (Å²) in [5.41, 5.74) is 0.599. The molecule has 3 heterocycles. The summed E-state index contributed by atoms with van der Waals surface area (Å²) in [5.74, 6) is -0.556. The number of nitrogens with one attached hydrogen (secondary N) is 3. The zero-order chi connectivity index (χ0) is 18.3. The maximum Gasteiger partial charge on any atom is 0.322 e. The van der Waals surface area contributed by atoms with E-state index >= 15 is 0 Å². The van der Waals surface area contributed by atoms with Crippen LogP contribution in [0.4, 0.5) is 4.79 Å². The molecule has 2 fully saturated rings. The standard InChI is InChI=1S/C17H18N4O3S2/c1-9-19-12(8-25-9)13-5-10(7-26-13)14(22)18-6-11-3-2-4-17(11)15(23)20-16(24)21-17/h5,7-8,11H,2-4,6H2,1H3,(H,18,22)(H2,20,21,23,24)/t11-,17-/m0/s1. The van der Waals surface area contributed by atoms with Gasteiger partial charge in [0.15, 0.2) is 0 Å². The fourth-order valence-corrected chi connectivity index (χ4v) is 5.24. The summed E-state index contributed by atoms with van der Waals surface area (Å²) in [7, 11) is 0. The van der Waals surface area contributed by atoms with Crippen LogP contribution in [0.2, 0.25) is 0 Å². The highest BCUT2D eigenvalue weighted by molar-refractivity contribution is 7.14. The first kappa shape index (κ1) is 17.2. The molecule has 1 saturated heterocycles. The minimum Gasteiger partial charge on any atom is -0.352 e. The number of urea groups is 1. The molecular formula is C17H18N4O3S2. The molecule has 0 unspecified atom stereocenters. The van der Waals surface area contributed by atoms with Crippen LogP contribution in [0.5, 0.6) is 0 Å². The van der Waals surface area contributed by atoms with Crippen molar-refractivity contribution in [2.45, 2.75) is 31.7 Å². The molecule has 9 heteroatoms. The van der Waals surface area contributed by atoms with Crippen LogP contribution < -0.4 is 16.0 Å². The van der Waals surface area contributed by atoms with Crippen molar-refractivity contribution >= 4 is 40.5 Å². The Morgan fingerprint density at radius 1 is 1.38 bits per heavy atom. The fraction of sp³-hybridized carbons (Fsp3) is 0.412. The Balaban J connectivity index is 1.42. The average Bonchev–Trinajstić information content (AvgIpc) is 3.35. The van der Waals surface area contributed by atoms with Gasteiger partial charge in [-0.15, -0.1) is 22.7 Å². The summed E-state index contributed by atoms with van der Waals surface area (Å²) in [5, 5.41) is 12.8. The normalized spacial score (nSPS) is 24.7. The van der Waals surface area contributed by atoms with Gasteiger partial charge in [0, 0.05) is 23.2 Å². The van der Waals surface area contributed by atoms with Crippen LogP contribution in [0.25, 0.3) is 10.6 Å². The Kier molecular flexibility index (Phi) is 4.28. The molecule has 2 aliphatic rings. The van der Waals surface area contributed by atoms with Crippen LogP contribution in [-0.2, 0) is 4.79 Å². The summed E-state index contributed by atoms with van der Waals surface area (Å²) in [6, 6.07) is 1.39. The van der Waals surface area contributed by atoms with Gasteiger partial charge in [-0.1, -0.05) is 6.42 Å². The van der Waals surface area contributed by atoms with Gasteiger partial charge in [0.25, 0.3) is 11.8 Å². The predicted octanol–water partition coefficient (Wildman–Crippen LogP) is 2.29. The number of rotatable bonds is 4. The van der Waals surface area contributed by atoms with Crippen molar-refractivity contribution < 1.29 is 14.4 Å². The van der Waals surface area contributed by atoms with Gasteiger partial charge in [-0.2, -0.15) is 0 Å². The second-order valence-corrected chi connectivity index (χ2v) is 8.60. The van der Waals surface area contributed by atoms with Crippen molar-refractivity contribution in [2.24, 2.45) is 5.92 Å². The first-order chi connectivity index (χ1) is 12.5. The summed E-state index contributed by atoms with van der Waals surface area (Å²) in [4.78, 5) is 41.6. The highest BCUT2D eigenvalue weighted by Gasteiger charge is 2.54. The van der Waals surface area contributed by atoms with E-state index < -0.39 is 11.6 Å². The number of amides is 4. The van der Waals surface area contributed by atoms with E-state index in [2.05, 4.69) is 20.9 Å². The van der Waals surface area contributed by atoms with Gasteiger partial charge in [-0.3, -0.25) is 14.9 Å². The second kappa shape index (κ2) is 6.48. The topological polar surface area (TPSA) is 100 Å².